The average Bonchev–Trinajstić information content (AvgIpc) is 2.99. The fourth-order valence-corrected chi connectivity index (χ4v) is 2.48. The van der Waals surface area contributed by atoms with Crippen molar-refractivity contribution in [1.29, 1.82) is 0 Å². The maximum Gasteiger partial charge on any atom is 0.317 e. The zero-order chi connectivity index (χ0) is 17.5. The molecule has 1 N–H and O–H groups in total. The highest BCUT2D eigenvalue weighted by Gasteiger charge is 2.12. The first-order chi connectivity index (χ1) is 11.5. The van der Waals surface area contributed by atoms with Crippen LogP contribution in [0.4, 0.5) is 4.79 Å². The molecule has 5 nitrogen and oxygen atoms in total. The maximum atomic E-state index is 12.2. The molecular weight excluding hydrogens is 300 g/mol. The second-order valence-electron chi connectivity index (χ2n) is 6.11. The van der Waals surface area contributed by atoms with Gasteiger partial charge in [0.15, 0.2) is 0 Å². The van der Waals surface area contributed by atoms with E-state index in [0.29, 0.717) is 19.6 Å². The molecule has 0 spiro atoms. The molecule has 2 aromatic rings. The van der Waals surface area contributed by atoms with Crippen LogP contribution < -0.4 is 5.32 Å². The Balaban J connectivity index is 1.83. The number of urea groups is 1. The highest BCUT2D eigenvalue weighted by atomic mass is 16.2. The summed E-state index contributed by atoms with van der Waals surface area (Å²) in [6, 6.07) is 8.26. The van der Waals surface area contributed by atoms with Crippen LogP contribution in [0, 0.1) is 19.3 Å². The quantitative estimate of drug-likeness (QED) is 0.831. The van der Waals surface area contributed by atoms with Gasteiger partial charge in [0, 0.05) is 25.4 Å². The number of benzene rings is 1. The number of amides is 2. The Hall–Kier alpha value is -2.74. The fraction of sp³-hybridized carbons (Fsp3) is 0.368. The normalized spacial score (nSPS) is 11.6. The zero-order valence-corrected chi connectivity index (χ0v) is 14.5. The Bertz CT molecular complexity index is 729. The molecule has 24 heavy (non-hydrogen) atoms. The van der Waals surface area contributed by atoms with Crippen LogP contribution in [0.25, 0.3) is 0 Å². The van der Waals surface area contributed by atoms with E-state index in [1.807, 2.05) is 12.3 Å². The first kappa shape index (κ1) is 17.6. The Labute approximate surface area is 143 Å². The molecule has 2 amide bonds. The highest BCUT2D eigenvalue weighted by Crippen LogP contribution is 2.15. The van der Waals surface area contributed by atoms with Crippen molar-refractivity contribution in [2.75, 3.05) is 13.6 Å². The third-order valence-corrected chi connectivity index (χ3v) is 3.88. The van der Waals surface area contributed by atoms with Crippen molar-refractivity contribution in [2.24, 2.45) is 0 Å². The molecule has 0 bridgehead atoms. The van der Waals surface area contributed by atoms with E-state index in [1.165, 1.54) is 11.1 Å². The van der Waals surface area contributed by atoms with E-state index < -0.39 is 0 Å². The van der Waals surface area contributed by atoms with Crippen LogP contribution in [0.5, 0.6) is 0 Å². The second kappa shape index (κ2) is 8.21. The summed E-state index contributed by atoms with van der Waals surface area (Å²) in [6.07, 6.45) is 8.85. The molecule has 1 unspecified atom stereocenters. The van der Waals surface area contributed by atoms with Crippen LogP contribution in [0.1, 0.15) is 29.5 Å². The number of hydrogen-bond donors (Lipinski definition) is 1. The third kappa shape index (κ3) is 4.88. The molecule has 1 aromatic carbocycles. The molecule has 1 heterocycles. The van der Waals surface area contributed by atoms with E-state index in [1.54, 1.807) is 22.8 Å². The molecule has 0 aliphatic rings. The van der Waals surface area contributed by atoms with E-state index in [4.69, 9.17) is 6.42 Å². The van der Waals surface area contributed by atoms with Gasteiger partial charge in [-0.15, -0.1) is 6.42 Å². The highest BCUT2D eigenvalue weighted by molar-refractivity contribution is 5.73. The van der Waals surface area contributed by atoms with Gasteiger partial charge in [0.2, 0.25) is 0 Å². The molecule has 1 aromatic heterocycles. The van der Waals surface area contributed by atoms with Gasteiger partial charge in [0.05, 0.1) is 12.7 Å². The molecule has 0 saturated heterocycles. The van der Waals surface area contributed by atoms with Gasteiger partial charge in [0.25, 0.3) is 0 Å². The molecule has 5 heteroatoms. The Morgan fingerprint density at radius 3 is 3.00 bits per heavy atom. The number of aryl methyl sites for hydroxylation is 1. The number of nitrogens with one attached hydrogen (secondary N) is 1. The molecular formula is C19H24N4O. The van der Waals surface area contributed by atoms with Crippen LogP contribution in [0.2, 0.25) is 0 Å². The summed E-state index contributed by atoms with van der Waals surface area (Å²) in [7, 11) is 1.77. The number of terminal acetylenes is 1. The predicted molar refractivity (Wildman–Crippen MR) is 95.5 cm³/mol. The minimum Gasteiger partial charge on any atom is -0.337 e. The molecule has 1 atom stereocenters. The van der Waals surface area contributed by atoms with Gasteiger partial charge in [-0.25, -0.2) is 4.79 Å². The minimum absolute atomic E-state index is 0.0980. The largest absolute Gasteiger partial charge is 0.337 e. The zero-order valence-electron chi connectivity index (χ0n) is 14.5. The topological polar surface area (TPSA) is 50.2 Å². The number of nitrogens with zero attached hydrogens (tertiary/aromatic N) is 3. The molecule has 126 valence electrons. The number of hydrogen-bond acceptors (Lipinski definition) is 2. The summed E-state index contributed by atoms with van der Waals surface area (Å²) in [4.78, 5) is 13.9. The van der Waals surface area contributed by atoms with Gasteiger partial charge in [0.1, 0.15) is 6.54 Å². The average molecular weight is 324 g/mol. The SMILES string of the molecule is C#CCn1cc(CN(C)C(=O)NCC(C)c2cccc(C)c2)cn1. The summed E-state index contributed by atoms with van der Waals surface area (Å²) >= 11 is 0. The van der Waals surface area contributed by atoms with Gasteiger partial charge in [-0.1, -0.05) is 42.7 Å². The van der Waals surface area contributed by atoms with Gasteiger partial charge in [-0.3, -0.25) is 4.68 Å². The number of carbonyl (C=O) groups is 1. The number of rotatable bonds is 6. The van der Waals surface area contributed by atoms with Crippen molar-refractivity contribution < 1.29 is 4.79 Å². The van der Waals surface area contributed by atoms with Gasteiger partial charge >= 0.3 is 6.03 Å². The lowest BCUT2D eigenvalue weighted by molar-refractivity contribution is 0.206. The van der Waals surface area contributed by atoms with E-state index in [-0.39, 0.29) is 11.9 Å². The second-order valence-corrected chi connectivity index (χ2v) is 6.11. The summed E-state index contributed by atoms with van der Waals surface area (Å²) in [6.45, 7) is 5.71. The molecule has 2 rings (SSSR count). The van der Waals surface area contributed by atoms with E-state index >= 15 is 0 Å². The van der Waals surface area contributed by atoms with Crippen molar-refractivity contribution >= 4 is 6.03 Å². The maximum absolute atomic E-state index is 12.2. The van der Waals surface area contributed by atoms with Crippen LogP contribution in [-0.2, 0) is 13.1 Å². The van der Waals surface area contributed by atoms with E-state index in [2.05, 4.69) is 48.4 Å². The van der Waals surface area contributed by atoms with Gasteiger partial charge < -0.3 is 10.2 Å². The van der Waals surface area contributed by atoms with Crippen LogP contribution in [0.15, 0.2) is 36.7 Å². The summed E-state index contributed by atoms with van der Waals surface area (Å²) in [5.74, 6) is 2.80. The number of carbonyl (C=O) groups excluding carboxylic acids is 1. The van der Waals surface area contributed by atoms with Crippen LogP contribution in [-0.4, -0.2) is 34.3 Å². The van der Waals surface area contributed by atoms with E-state index in [0.717, 1.165) is 5.56 Å². The van der Waals surface area contributed by atoms with Crippen molar-refractivity contribution in [3.05, 3.63) is 53.3 Å². The molecule has 0 fully saturated rings. The first-order valence-electron chi connectivity index (χ1n) is 8.00. The Kier molecular flexibility index (Phi) is 6.02. The van der Waals surface area contributed by atoms with Crippen molar-refractivity contribution in [2.45, 2.75) is 32.9 Å². The number of aromatic nitrogens is 2. The summed E-state index contributed by atoms with van der Waals surface area (Å²) < 4.78 is 1.68. The van der Waals surface area contributed by atoms with Crippen LogP contribution in [0.3, 0.4) is 0 Å². The third-order valence-electron chi connectivity index (χ3n) is 3.88. The van der Waals surface area contributed by atoms with Gasteiger partial charge in [-0.05, 0) is 18.4 Å². The van der Waals surface area contributed by atoms with Gasteiger partial charge in [-0.2, -0.15) is 5.10 Å². The smallest absolute Gasteiger partial charge is 0.317 e. The minimum atomic E-state index is -0.0980. The fourth-order valence-electron chi connectivity index (χ4n) is 2.48. The molecule has 0 aliphatic heterocycles. The van der Waals surface area contributed by atoms with Crippen molar-refractivity contribution in [3.8, 4) is 12.3 Å². The standard InChI is InChI=1S/C19H24N4O/c1-5-9-23-14-17(12-21-23)13-22(4)19(24)20-11-16(3)18-8-6-7-15(2)10-18/h1,6-8,10,12,14,16H,9,11,13H2,2-4H3,(H,20,24). The monoisotopic (exact) mass is 324 g/mol. The first-order valence-corrected chi connectivity index (χ1v) is 8.00. The van der Waals surface area contributed by atoms with Crippen molar-refractivity contribution in [3.63, 3.8) is 0 Å². The molecule has 0 saturated carbocycles. The van der Waals surface area contributed by atoms with Crippen molar-refractivity contribution in [1.82, 2.24) is 20.0 Å². The lowest BCUT2D eigenvalue weighted by Crippen LogP contribution is -2.38. The Morgan fingerprint density at radius 2 is 2.29 bits per heavy atom. The van der Waals surface area contributed by atoms with E-state index in [9.17, 15) is 4.79 Å². The summed E-state index contributed by atoms with van der Waals surface area (Å²) in [5, 5.41) is 7.14. The Morgan fingerprint density at radius 1 is 1.50 bits per heavy atom. The molecule has 0 aliphatic carbocycles. The predicted octanol–water partition coefficient (Wildman–Crippen LogP) is 2.77. The lowest BCUT2D eigenvalue weighted by atomic mass is 9.99. The van der Waals surface area contributed by atoms with Crippen LogP contribution >= 0.6 is 0 Å². The summed E-state index contributed by atoms with van der Waals surface area (Å²) in [5.41, 5.74) is 3.41. The lowest BCUT2D eigenvalue weighted by Gasteiger charge is -2.19. The molecule has 0 radical (unpaired) electrons.